The third-order valence-corrected chi connectivity index (χ3v) is 7.22. The predicted octanol–water partition coefficient (Wildman–Crippen LogP) is 6.31. The minimum Gasteiger partial charge on any atom is -0.111 e. The zero-order valence-corrected chi connectivity index (χ0v) is 14.3. The summed E-state index contributed by atoms with van der Waals surface area (Å²) in [7, 11) is 0. The smallest absolute Gasteiger partial charge is 0.0725 e. The van der Waals surface area contributed by atoms with E-state index in [1.54, 1.807) is 11.8 Å². The van der Waals surface area contributed by atoms with Gasteiger partial charge in [-0.2, -0.15) is 0 Å². The molecule has 1 fully saturated rings. The minimum atomic E-state index is 0.761. The van der Waals surface area contributed by atoms with Gasteiger partial charge in [0.25, 0.3) is 0 Å². The van der Waals surface area contributed by atoms with Gasteiger partial charge in [0, 0.05) is 10.2 Å². The average Bonchev–Trinajstić information content (AvgIpc) is 3.11. The van der Waals surface area contributed by atoms with Crippen LogP contribution in [0.25, 0.3) is 4.91 Å². The molecule has 0 unspecified atom stereocenters. The van der Waals surface area contributed by atoms with E-state index in [1.165, 1.54) is 40.4 Å². The largest absolute Gasteiger partial charge is 0.111 e. The molecule has 1 saturated carbocycles. The second kappa shape index (κ2) is 7.21. The first kappa shape index (κ1) is 14.8. The lowest BCUT2D eigenvalue weighted by Crippen LogP contribution is -1.97. The first-order valence-corrected chi connectivity index (χ1v) is 9.82. The second-order valence-corrected chi connectivity index (χ2v) is 9.17. The standard InChI is InChI=1S/C16H16S4/c17-15(19-13-8-4-5-9-13)10-16-18-11-14(20-16)12-6-2-1-3-7-12/h1-3,6-7,10-11,13H,4-5,8-9H2/b16-10+. The molecular formula is C16H16S4. The Bertz CT molecular complexity index is 539. The Kier molecular flexibility index (Phi) is 5.32. The molecule has 0 bridgehead atoms. The topological polar surface area (TPSA) is 0 Å². The van der Waals surface area contributed by atoms with Gasteiger partial charge in [-0.05, 0) is 29.9 Å². The van der Waals surface area contributed by atoms with Gasteiger partial charge in [-0.15, -0.1) is 11.8 Å². The second-order valence-electron chi connectivity index (χ2n) is 4.87. The quantitative estimate of drug-likeness (QED) is 0.468. The normalized spacial score (nSPS) is 21.4. The molecule has 0 nitrogen and oxygen atoms in total. The third kappa shape index (κ3) is 3.94. The van der Waals surface area contributed by atoms with Crippen molar-refractivity contribution in [3.05, 3.63) is 51.6 Å². The average molecular weight is 337 g/mol. The van der Waals surface area contributed by atoms with Crippen molar-refractivity contribution in [3.8, 4) is 0 Å². The fourth-order valence-corrected chi connectivity index (χ4v) is 6.41. The van der Waals surface area contributed by atoms with Crippen molar-refractivity contribution in [2.75, 3.05) is 0 Å². The molecule has 0 aromatic heterocycles. The zero-order valence-electron chi connectivity index (χ0n) is 11.1. The molecule has 1 aromatic rings. The van der Waals surface area contributed by atoms with Gasteiger partial charge in [0.1, 0.15) is 0 Å². The van der Waals surface area contributed by atoms with Gasteiger partial charge in [0.15, 0.2) is 0 Å². The van der Waals surface area contributed by atoms with Crippen LogP contribution in [-0.2, 0) is 0 Å². The van der Waals surface area contributed by atoms with E-state index in [-0.39, 0.29) is 0 Å². The highest BCUT2D eigenvalue weighted by atomic mass is 32.2. The molecule has 1 aliphatic carbocycles. The van der Waals surface area contributed by atoms with Crippen LogP contribution >= 0.6 is 47.5 Å². The summed E-state index contributed by atoms with van der Waals surface area (Å²) in [5.41, 5.74) is 1.29. The summed E-state index contributed by atoms with van der Waals surface area (Å²) in [4.78, 5) is 1.33. The minimum absolute atomic E-state index is 0.761. The molecule has 0 amide bonds. The predicted molar refractivity (Wildman–Crippen MR) is 100 cm³/mol. The summed E-state index contributed by atoms with van der Waals surface area (Å²) in [6.45, 7) is 0. The van der Waals surface area contributed by atoms with Gasteiger partial charge in [0.05, 0.1) is 8.43 Å². The maximum absolute atomic E-state index is 5.52. The molecule has 0 radical (unpaired) electrons. The number of hydrogen-bond donors (Lipinski definition) is 0. The summed E-state index contributed by atoms with van der Waals surface area (Å²) < 4.78 is 2.36. The summed E-state index contributed by atoms with van der Waals surface area (Å²) >= 11 is 11.0. The van der Waals surface area contributed by atoms with Crippen molar-refractivity contribution in [2.24, 2.45) is 0 Å². The summed E-state index contributed by atoms with van der Waals surface area (Å²) in [5.74, 6) is 0. The number of benzene rings is 1. The van der Waals surface area contributed by atoms with E-state index in [0.29, 0.717) is 0 Å². The molecule has 0 saturated heterocycles. The lowest BCUT2D eigenvalue weighted by molar-refractivity contribution is 0.886. The van der Waals surface area contributed by atoms with Gasteiger partial charge in [-0.3, -0.25) is 0 Å². The maximum Gasteiger partial charge on any atom is 0.0725 e. The van der Waals surface area contributed by atoms with Gasteiger partial charge >= 0.3 is 0 Å². The summed E-state index contributed by atoms with van der Waals surface area (Å²) in [5, 5.41) is 2.99. The van der Waals surface area contributed by atoms with Gasteiger partial charge < -0.3 is 0 Å². The van der Waals surface area contributed by atoms with Crippen molar-refractivity contribution < 1.29 is 0 Å². The molecule has 104 valence electrons. The Morgan fingerprint density at radius 3 is 2.70 bits per heavy atom. The lowest BCUT2D eigenvalue weighted by atomic mass is 10.2. The summed E-state index contributed by atoms with van der Waals surface area (Å²) in [6.07, 6.45) is 7.60. The highest BCUT2D eigenvalue weighted by Crippen LogP contribution is 2.48. The van der Waals surface area contributed by atoms with Crippen LogP contribution < -0.4 is 0 Å². The molecule has 0 N–H and O–H groups in total. The van der Waals surface area contributed by atoms with E-state index in [0.717, 1.165) is 9.45 Å². The monoisotopic (exact) mass is 336 g/mol. The van der Waals surface area contributed by atoms with Crippen molar-refractivity contribution in [1.82, 2.24) is 0 Å². The van der Waals surface area contributed by atoms with Crippen molar-refractivity contribution in [1.29, 1.82) is 0 Å². The summed E-state index contributed by atoms with van der Waals surface area (Å²) in [6, 6.07) is 10.6. The SMILES string of the molecule is S=C(/C=C1\SC=C(c2ccccc2)S1)SC1CCCC1. The van der Waals surface area contributed by atoms with Crippen molar-refractivity contribution >= 4 is 56.6 Å². The van der Waals surface area contributed by atoms with Crippen LogP contribution in [0.2, 0.25) is 0 Å². The van der Waals surface area contributed by atoms with Crippen LogP contribution in [0.4, 0.5) is 0 Å². The molecule has 0 spiro atoms. The van der Waals surface area contributed by atoms with E-state index in [2.05, 4.69) is 41.8 Å². The van der Waals surface area contributed by atoms with E-state index in [9.17, 15) is 0 Å². The van der Waals surface area contributed by atoms with Crippen LogP contribution in [0, 0.1) is 0 Å². The molecule has 1 heterocycles. The highest BCUT2D eigenvalue weighted by molar-refractivity contribution is 8.31. The van der Waals surface area contributed by atoms with E-state index < -0.39 is 0 Å². The zero-order chi connectivity index (χ0) is 13.8. The molecule has 1 aromatic carbocycles. The van der Waals surface area contributed by atoms with Crippen LogP contribution in [0.5, 0.6) is 0 Å². The highest BCUT2D eigenvalue weighted by Gasteiger charge is 2.18. The van der Waals surface area contributed by atoms with Crippen LogP contribution in [0.3, 0.4) is 0 Å². The van der Waals surface area contributed by atoms with E-state index in [4.69, 9.17) is 12.2 Å². The molecular weight excluding hydrogens is 320 g/mol. The first-order chi connectivity index (χ1) is 9.81. The van der Waals surface area contributed by atoms with Gasteiger partial charge in [-0.1, -0.05) is 78.9 Å². The molecule has 4 heteroatoms. The lowest BCUT2D eigenvalue weighted by Gasteiger charge is -2.07. The molecule has 20 heavy (non-hydrogen) atoms. The van der Waals surface area contributed by atoms with Crippen molar-refractivity contribution in [2.45, 2.75) is 30.9 Å². The number of rotatable bonds is 3. The Morgan fingerprint density at radius 1 is 1.20 bits per heavy atom. The molecule has 3 rings (SSSR count). The molecule has 2 aliphatic rings. The molecule has 0 atom stereocenters. The Morgan fingerprint density at radius 2 is 1.95 bits per heavy atom. The first-order valence-electron chi connectivity index (χ1n) is 6.84. The Balaban J connectivity index is 1.57. The fraction of sp³-hybridized carbons (Fsp3) is 0.312. The van der Waals surface area contributed by atoms with Crippen molar-refractivity contribution in [3.63, 3.8) is 0 Å². The van der Waals surface area contributed by atoms with Crippen LogP contribution in [-0.4, -0.2) is 9.45 Å². The Hall–Kier alpha value is -0.160. The molecule has 1 aliphatic heterocycles. The number of thiocarbonyl (C=S) groups is 1. The van der Waals surface area contributed by atoms with Crippen LogP contribution in [0.15, 0.2) is 46.1 Å². The third-order valence-electron chi connectivity index (χ3n) is 3.37. The maximum atomic E-state index is 5.52. The fourth-order valence-electron chi connectivity index (χ4n) is 2.36. The Labute approximate surface area is 138 Å². The van der Waals surface area contributed by atoms with Gasteiger partial charge in [0.2, 0.25) is 0 Å². The van der Waals surface area contributed by atoms with Gasteiger partial charge in [-0.25, -0.2) is 0 Å². The van der Waals surface area contributed by atoms with E-state index >= 15 is 0 Å². The number of hydrogen-bond acceptors (Lipinski definition) is 4. The number of thioether (sulfide) groups is 3. The van der Waals surface area contributed by atoms with E-state index in [1.807, 2.05) is 23.5 Å². The van der Waals surface area contributed by atoms with Crippen LogP contribution in [0.1, 0.15) is 31.2 Å².